The highest BCUT2D eigenvalue weighted by atomic mass is 16.1. The van der Waals surface area contributed by atoms with Gasteiger partial charge in [0.05, 0.1) is 0 Å². The van der Waals surface area contributed by atoms with E-state index in [9.17, 15) is 4.79 Å². The number of hydrogen-bond acceptors (Lipinski definition) is 1. The lowest BCUT2D eigenvalue weighted by molar-refractivity contribution is 0.0988. The van der Waals surface area contributed by atoms with E-state index in [1.807, 2.05) is 19.1 Å². The Bertz CT molecular complexity index is 313. The number of aryl methyl sites for hydroxylation is 2. The fourth-order valence-corrected chi connectivity index (χ4v) is 1.47. The first-order valence-electron chi connectivity index (χ1n) is 4.81. The summed E-state index contributed by atoms with van der Waals surface area (Å²) in [4.78, 5) is 11.4. The van der Waals surface area contributed by atoms with E-state index in [0.717, 1.165) is 12.0 Å². The smallest absolute Gasteiger partial charge is 0.162 e. The maximum Gasteiger partial charge on any atom is 0.162 e. The minimum absolute atomic E-state index is 0.228. The van der Waals surface area contributed by atoms with Crippen molar-refractivity contribution in [1.82, 2.24) is 0 Å². The minimum Gasteiger partial charge on any atom is -0.294 e. The zero-order valence-electron chi connectivity index (χ0n) is 8.55. The van der Waals surface area contributed by atoms with Gasteiger partial charge in [0.25, 0.3) is 0 Å². The van der Waals surface area contributed by atoms with Crippen molar-refractivity contribution in [3.05, 3.63) is 34.9 Å². The lowest BCUT2D eigenvalue weighted by Crippen LogP contribution is -1.98. The summed E-state index contributed by atoms with van der Waals surface area (Å²) in [6.07, 6.45) is 1.62. The monoisotopic (exact) mass is 176 g/mol. The van der Waals surface area contributed by atoms with Crippen molar-refractivity contribution in [3.63, 3.8) is 0 Å². The van der Waals surface area contributed by atoms with Crippen LogP contribution in [0.3, 0.4) is 0 Å². The van der Waals surface area contributed by atoms with Crippen molar-refractivity contribution in [1.29, 1.82) is 0 Å². The molecule has 0 spiro atoms. The van der Waals surface area contributed by atoms with Gasteiger partial charge in [-0.2, -0.15) is 0 Å². The fourth-order valence-electron chi connectivity index (χ4n) is 1.47. The van der Waals surface area contributed by atoms with E-state index in [1.165, 1.54) is 11.1 Å². The van der Waals surface area contributed by atoms with Crippen LogP contribution >= 0.6 is 0 Å². The summed E-state index contributed by atoms with van der Waals surface area (Å²) in [6, 6.07) is 5.97. The second-order valence-corrected chi connectivity index (χ2v) is 3.27. The molecule has 1 nitrogen and oxygen atoms in total. The predicted octanol–water partition coefficient (Wildman–Crippen LogP) is 3.15. The summed E-state index contributed by atoms with van der Waals surface area (Å²) in [5.41, 5.74) is 3.40. The van der Waals surface area contributed by atoms with E-state index in [0.29, 0.717) is 6.42 Å². The van der Waals surface area contributed by atoms with Crippen LogP contribution in [0.15, 0.2) is 18.2 Å². The average molecular weight is 176 g/mol. The summed E-state index contributed by atoms with van der Waals surface area (Å²) in [5.74, 6) is 0.228. The Labute approximate surface area is 79.8 Å². The standard InChI is InChI=1S/C12H16O/c1-4-10-6-7-11(8-9(10)3)12(13)5-2/h6-8H,4-5H2,1-3H3. The molecule has 0 radical (unpaired) electrons. The minimum atomic E-state index is 0.228. The lowest BCUT2D eigenvalue weighted by atomic mass is 10.0. The van der Waals surface area contributed by atoms with E-state index >= 15 is 0 Å². The molecule has 0 aliphatic heterocycles. The van der Waals surface area contributed by atoms with Gasteiger partial charge < -0.3 is 0 Å². The molecule has 1 aromatic carbocycles. The van der Waals surface area contributed by atoms with Gasteiger partial charge in [-0.3, -0.25) is 4.79 Å². The number of ketones is 1. The van der Waals surface area contributed by atoms with Crippen LogP contribution in [0.5, 0.6) is 0 Å². The highest BCUT2D eigenvalue weighted by Crippen LogP contribution is 2.12. The van der Waals surface area contributed by atoms with Gasteiger partial charge in [0.15, 0.2) is 5.78 Å². The third kappa shape index (κ3) is 2.18. The van der Waals surface area contributed by atoms with Gasteiger partial charge in [0.2, 0.25) is 0 Å². The van der Waals surface area contributed by atoms with Crippen LogP contribution in [0.1, 0.15) is 41.8 Å². The third-order valence-electron chi connectivity index (χ3n) is 2.37. The van der Waals surface area contributed by atoms with Gasteiger partial charge in [0, 0.05) is 12.0 Å². The van der Waals surface area contributed by atoms with Gasteiger partial charge >= 0.3 is 0 Å². The summed E-state index contributed by atoms with van der Waals surface area (Å²) in [5, 5.41) is 0. The zero-order valence-corrected chi connectivity index (χ0v) is 8.55. The SMILES string of the molecule is CCC(=O)c1ccc(CC)c(C)c1. The summed E-state index contributed by atoms with van der Waals surface area (Å²) in [7, 11) is 0. The zero-order chi connectivity index (χ0) is 9.84. The van der Waals surface area contributed by atoms with E-state index in [1.54, 1.807) is 0 Å². The highest BCUT2D eigenvalue weighted by Gasteiger charge is 2.04. The van der Waals surface area contributed by atoms with Gasteiger partial charge in [-0.05, 0) is 30.5 Å². The Morgan fingerprint density at radius 3 is 2.46 bits per heavy atom. The second kappa shape index (κ2) is 4.22. The topological polar surface area (TPSA) is 17.1 Å². The molecule has 0 aliphatic carbocycles. The van der Waals surface area contributed by atoms with E-state index in [2.05, 4.69) is 19.9 Å². The molecule has 0 atom stereocenters. The normalized spacial score (nSPS) is 10.1. The molecule has 0 aliphatic rings. The average Bonchev–Trinajstić information content (AvgIpc) is 2.16. The van der Waals surface area contributed by atoms with Crippen LogP contribution in [0.25, 0.3) is 0 Å². The Hall–Kier alpha value is -1.11. The molecular weight excluding hydrogens is 160 g/mol. The summed E-state index contributed by atoms with van der Waals surface area (Å²) >= 11 is 0. The third-order valence-corrected chi connectivity index (χ3v) is 2.37. The molecule has 70 valence electrons. The number of hydrogen-bond donors (Lipinski definition) is 0. The molecule has 0 heterocycles. The van der Waals surface area contributed by atoms with Gasteiger partial charge in [0.1, 0.15) is 0 Å². The highest BCUT2D eigenvalue weighted by molar-refractivity contribution is 5.96. The summed E-state index contributed by atoms with van der Waals surface area (Å²) in [6.45, 7) is 6.08. The van der Waals surface area contributed by atoms with E-state index in [4.69, 9.17) is 0 Å². The first-order chi connectivity index (χ1) is 6.19. The van der Waals surface area contributed by atoms with Crippen LogP contribution in [-0.2, 0) is 6.42 Å². The number of benzene rings is 1. The van der Waals surface area contributed by atoms with Crippen molar-refractivity contribution in [3.8, 4) is 0 Å². The largest absolute Gasteiger partial charge is 0.294 e. The molecule has 0 amide bonds. The second-order valence-electron chi connectivity index (χ2n) is 3.27. The van der Waals surface area contributed by atoms with Crippen LogP contribution in [-0.4, -0.2) is 5.78 Å². The van der Waals surface area contributed by atoms with E-state index in [-0.39, 0.29) is 5.78 Å². The molecule has 0 N–H and O–H groups in total. The number of rotatable bonds is 3. The molecule has 0 aromatic heterocycles. The molecule has 0 bridgehead atoms. The first kappa shape index (κ1) is 9.97. The van der Waals surface area contributed by atoms with Gasteiger partial charge in [-0.15, -0.1) is 0 Å². The number of Topliss-reactive ketones (excluding diaryl/α,β-unsaturated/α-hetero) is 1. The molecule has 0 saturated heterocycles. The van der Waals surface area contributed by atoms with Gasteiger partial charge in [-0.25, -0.2) is 0 Å². The van der Waals surface area contributed by atoms with E-state index < -0.39 is 0 Å². The molecule has 1 heteroatoms. The Morgan fingerprint density at radius 1 is 1.31 bits per heavy atom. The van der Waals surface area contributed by atoms with Crippen LogP contribution in [0, 0.1) is 6.92 Å². The predicted molar refractivity (Wildman–Crippen MR) is 55.2 cm³/mol. The quantitative estimate of drug-likeness (QED) is 0.646. The maximum atomic E-state index is 11.4. The molecule has 0 saturated carbocycles. The lowest BCUT2D eigenvalue weighted by Gasteiger charge is -2.04. The van der Waals surface area contributed by atoms with Crippen molar-refractivity contribution in [2.75, 3.05) is 0 Å². The van der Waals surface area contributed by atoms with Crippen LogP contribution < -0.4 is 0 Å². The molecule has 0 unspecified atom stereocenters. The van der Waals surface area contributed by atoms with Crippen molar-refractivity contribution >= 4 is 5.78 Å². The number of carbonyl (C=O) groups is 1. The summed E-state index contributed by atoms with van der Waals surface area (Å²) < 4.78 is 0. The van der Waals surface area contributed by atoms with Crippen molar-refractivity contribution < 1.29 is 4.79 Å². The Morgan fingerprint density at radius 2 is 2.00 bits per heavy atom. The molecule has 13 heavy (non-hydrogen) atoms. The molecule has 1 rings (SSSR count). The molecule has 1 aromatic rings. The molecular formula is C12H16O. The van der Waals surface area contributed by atoms with Crippen molar-refractivity contribution in [2.45, 2.75) is 33.6 Å². The van der Waals surface area contributed by atoms with Crippen LogP contribution in [0.2, 0.25) is 0 Å². The van der Waals surface area contributed by atoms with Gasteiger partial charge in [-0.1, -0.05) is 26.0 Å². The Balaban J connectivity index is 3.02. The van der Waals surface area contributed by atoms with Crippen molar-refractivity contribution in [2.24, 2.45) is 0 Å². The Kier molecular flexibility index (Phi) is 3.24. The number of carbonyl (C=O) groups excluding carboxylic acids is 1. The van der Waals surface area contributed by atoms with Crippen LogP contribution in [0.4, 0.5) is 0 Å². The molecule has 0 fully saturated rings. The maximum absolute atomic E-state index is 11.4. The fraction of sp³-hybridized carbons (Fsp3) is 0.417. The first-order valence-corrected chi connectivity index (χ1v) is 4.81.